The van der Waals surface area contributed by atoms with E-state index in [0.29, 0.717) is 27.5 Å². The van der Waals surface area contributed by atoms with E-state index in [1.165, 1.54) is 30.6 Å². The lowest BCUT2D eigenvalue weighted by atomic mass is 9.91. The summed E-state index contributed by atoms with van der Waals surface area (Å²) in [5.41, 5.74) is 1.27. The topological polar surface area (TPSA) is 77.1 Å². The number of aromatic nitrogens is 3. The van der Waals surface area contributed by atoms with Gasteiger partial charge in [-0.1, -0.05) is 0 Å². The predicted molar refractivity (Wildman–Crippen MR) is 104 cm³/mol. The minimum absolute atomic E-state index is 0.153. The van der Waals surface area contributed by atoms with Gasteiger partial charge >= 0.3 is 6.18 Å². The van der Waals surface area contributed by atoms with Crippen molar-refractivity contribution in [2.24, 2.45) is 10.9 Å². The molecule has 0 amide bonds. The van der Waals surface area contributed by atoms with Crippen molar-refractivity contribution in [3.05, 3.63) is 76.8 Å². The molecule has 1 unspecified atom stereocenters. The van der Waals surface area contributed by atoms with E-state index in [0.717, 1.165) is 36.9 Å². The van der Waals surface area contributed by atoms with Gasteiger partial charge in [0.15, 0.2) is 11.6 Å². The molecule has 31 heavy (non-hydrogen) atoms. The third kappa shape index (κ3) is 3.80. The number of halogens is 4. The molecule has 0 spiro atoms. The molecule has 1 aliphatic carbocycles. The van der Waals surface area contributed by atoms with Crippen LogP contribution in [0.15, 0.2) is 53.9 Å². The number of nitrogens with one attached hydrogen (secondary N) is 1. The van der Waals surface area contributed by atoms with Gasteiger partial charge in [0.25, 0.3) is 0 Å². The van der Waals surface area contributed by atoms with E-state index in [2.05, 4.69) is 20.3 Å². The zero-order valence-electron chi connectivity index (χ0n) is 15.9. The van der Waals surface area contributed by atoms with E-state index in [9.17, 15) is 22.8 Å². The highest BCUT2D eigenvalue weighted by Crippen LogP contribution is 2.46. The Morgan fingerprint density at radius 2 is 1.84 bits per heavy atom. The smallest absolute Gasteiger partial charge is 0.416 e. The van der Waals surface area contributed by atoms with Crippen LogP contribution in [0, 0.1) is 16.9 Å². The van der Waals surface area contributed by atoms with Crippen LogP contribution < -0.4 is 10.0 Å². The van der Waals surface area contributed by atoms with Crippen LogP contribution in [0.4, 0.5) is 34.9 Å². The molecule has 1 atom stereocenters. The minimum atomic E-state index is -4.44. The zero-order valence-corrected chi connectivity index (χ0v) is 15.9. The molecule has 3 heterocycles. The fourth-order valence-corrected chi connectivity index (χ4v) is 3.69. The van der Waals surface area contributed by atoms with Crippen molar-refractivity contribution in [1.82, 2.24) is 9.97 Å². The minimum Gasteiger partial charge on any atom is -0.619 e. The quantitative estimate of drug-likeness (QED) is 0.372. The van der Waals surface area contributed by atoms with Crippen LogP contribution in [0.25, 0.3) is 0 Å². The first-order valence-electron chi connectivity index (χ1n) is 9.57. The molecule has 10 heteroatoms. The fraction of sp³-hybridized carbons (Fsp3) is 0.238. The SMILES string of the molecule is [O-][n+]1cc(Nc2ccc(C(F)(F)F)cc2)nc(C2C(C3CC3)=Nc3ncc(F)cc32)c1. The number of anilines is 2. The number of fused-ring (bicyclic) bond motifs is 1. The van der Waals surface area contributed by atoms with Crippen LogP contribution in [-0.4, -0.2) is 15.7 Å². The molecule has 158 valence electrons. The average Bonchev–Trinajstić information content (AvgIpc) is 3.48. The lowest BCUT2D eigenvalue weighted by Gasteiger charge is -2.15. The maximum atomic E-state index is 13.9. The number of pyridine rings is 1. The molecule has 5 rings (SSSR count). The van der Waals surface area contributed by atoms with Gasteiger partial charge in [0.2, 0.25) is 12.4 Å². The van der Waals surface area contributed by atoms with Gasteiger partial charge in [0, 0.05) is 17.0 Å². The molecule has 0 saturated heterocycles. The standard InChI is InChI=1S/C21H15F4N5O/c22-13-7-15-18(19(11-1-2-11)29-20(15)26-8-13)16-9-30(31)10-17(28-16)27-14-5-3-12(4-6-14)21(23,24)25/h3-11,18H,1-2H2,(H,27,28). The van der Waals surface area contributed by atoms with Gasteiger partial charge < -0.3 is 10.5 Å². The molecule has 3 aromatic rings. The summed E-state index contributed by atoms with van der Waals surface area (Å²) < 4.78 is 52.7. The Hall–Kier alpha value is -3.56. The predicted octanol–water partition coefficient (Wildman–Crippen LogP) is 4.64. The fourth-order valence-electron chi connectivity index (χ4n) is 3.69. The second-order valence-corrected chi connectivity index (χ2v) is 7.55. The van der Waals surface area contributed by atoms with Crippen molar-refractivity contribution in [3.8, 4) is 0 Å². The molecule has 1 fully saturated rings. The molecule has 1 saturated carbocycles. The summed E-state index contributed by atoms with van der Waals surface area (Å²) >= 11 is 0. The molecule has 2 aliphatic rings. The first-order valence-corrected chi connectivity index (χ1v) is 9.57. The second kappa shape index (κ2) is 7.00. The zero-order chi connectivity index (χ0) is 21.8. The highest BCUT2D eigenvalue weighted by Gasteiger charge is 2.41. The van der Waals surface area contributed by atoms with Crippen LogP contribution >= 0.6 is 0 Å². The Bertz CT molecular complexity index is 1190. The van der Waals surface area contributed by atoms with E-state index in [1.54, 1.807) is 0 Å². The number of alkyl halides is 3. The van der Waals surface area contributed by atoms with Crippen molar-refractivity contribution in [1.29, 1.82) is 0 Å². The van der Waals surface area contributed by atoms with E-state index >= 15 is 0 Å². The number of aliphatic imine (C=N–C) groups is 1. The lowest BCUT2D eigenvalue weighted by molar-refractivity contribution is -0.605. The maximum Gasteiger partial charge on any atom is 0.416 e. The summed E-state index contributed by atoms with van der Waals surface area (Å²) in [5, 5.41) is 15.1. The number of nitrogens with zero attached hydrogens (tertiary/aromatic N) is 4. The molecule has 6 nitrogen and oxygen atoms in total. The molecular weight excluding hydrogens is 414 g/mol. The summed E-state index contributed by atoms with van der Waals surface area (Å²) in [7, 11) is 0. The molecular formula is C21H15F4N5O. The molecule has 1 aromatic carbocycles. The van der Waals surface area contributed by atoms with E-state index in [4.69, 9.17) is 0 Å². The van der Waals surface area contributed by atoms with E-state index < -0.39 is 23.5 Å². The molecule has 0 radical (unpaired) electrons. The van der Waals surface area contributed by atoms with E-state index in [-0.39, 0.29) is 11.7 Å². The van der Waals surface area contributed by atoms with Crippen molar-refractivity contribution < 1.29 is 22.3 Å². The lowest BCUT2D eigenvalue weighted by Crippen LogP contribution is -2.29. The van der Waals surface area contributed by atoms with Gasteiger partial charge in [-0.3, -0.25) is 0 Å². The van der Waals surface area contributed by atoms with Gasteiger partial charge in [-0.05, 0) is 49.1 Å². The Morgan fingerprint density at radius 3 is 2.52 bits per heavy atom. The summed E-state index contributed by atoms with van der Waals surface area (Å²) in [6.07, 6.45) is 1.03. The van der Waals surface area contributed by atoms with Crippen molar-refractivity contribution in [2.75, 3.05) is 5.32 Å². The second-order valence-electron chi connectivity index (χ2n) is 7.55. The van der Waals surface area contributed by atoms with Crippen LogP contribution in [0.2, 0.25) is 0 Å². The number of rotatable bonds is 4. The first-order chi connectivity index (χ1) is 14.8. The van der Waals surface area contributed by atoms with E-state index in [1.807, 2.05) is 0 Å². The van der Waals surface area contributed by atoms with Gasteiger partial charge in [-0.2, -0.15) is 17.9 Å². The highest BCUT2D eigenvalue weighted by atomic mass is 19.4. The molecule has 1 aliphatic heterocycles. The summed E-state index contributed by atoms with van der Waals surface area (Å²) in [6, 6.07) is 5.74. The highest BCUT2D eigenvalue weighted by molar-refractivity contribution is 6.02. The number of benzene rings is 1. The van der Waals surface area contributed by atoms with Gasteiger partial charge in [-0.15, -0.1) is 0 Å². The van der Waals surface area contributed by atoms with Crippen LogP contribution in [0.3, 0.4) is 0 Å². The molecule has 1 N–H and O–H groups in total. The average molecular weight is 429 g/mol. The number of hydrogen-bond donors (Lipinski definition) is 1. The summed E-state index contributed by atoms with van der Waals surface area (Å²) in [5.74, 6) is -0.213. The van der Waals surface area contributed by atoms with Gasteiger partial charge in [0.1, 0.15) is 11.5 Å². The Morgan fingerprint density at radius 1 is 1.10 bits per heavy atom. The van der Waals surface area contributed by atoms with Crippen molar-refractivity contribution >= 4 is 23.0 Å². The van der Waals surface area contributed by atoms with Gasteiger partial charge in [0.05, 0.1) is 17.7 Å². The summed E-state index contributed by atoms with van der Waals surface area (Å²) in [6.45, 7) is 0. The Balaban J connectivity index is 1.49. The maximum absolute atomic E-state index is 13.9. The normalized spacial score (nSPS) is 17.9. The van der Waals surface area contributed by atoms with Crippen molar-refractivity contribution in [2.45, 2.75) is 24.9 Å². The van der Waals surface area contributed by atoms with Gasteiger partial charge in [-0.25, -0.2) is 19.4 Å². The molecule has 2 aromatic heterocycles. The molecule has 0 bridgehead atoms. The van der Waals surface area contributed by atoms with Crippen LogP contribution in [0.1, 0.15) is 35.6 Å². The van der Waals surface area contributed by atoms with Crippen molar-refractivity contribution in [3.63, 3.8) is 0 Å². The Labute approximate surface area is 173 Å². The third-order valence-electron chi connectivity index (χ3n) is 5.24. The largest absolute Gasteiger partial charge is 0.619 e. The summed E-state index contributed by atoms with van der Waals surface area (Å²) in [4.78, 5) is 13.1. The Kier molecular flexibility index (Phi) is 4.38. The van der Waals surface area contributed by atoms with Crippen LogP contribution in [-0.2, 0) is 6.18 Å². The third-order valence-corrected chi connectivity index (χ3v) is 5.24. The van der Waals surface area contributed by atoms with Crippen LogP contribution in [0.5, 0.6) is 0 Å². The monoisotopic (exact) mass is 429 g/mol. The number of hydrogen-bond acceptors (Lipinski definition) is 5. The first kappa shape index (κ1) is 19.4.